The summed E-state index contributed by atoms with van der Waals surface area (Å²) < 4.78 is 6.95. The van der Waals surface area contributed by atoms with Crippen molar-refractivity contribution >= 4 is 17.4 Å². The number of nitro groups is 1. The normalized spacial score (nSPS) is 12.0. The van der Waals surface area contributed by atoms with E-state index >= 15 is 0 Å². The maximum Gasteiger partial charge on any atom is 0.296 e. The van der Waals surface area contributed by atoms with Gasteiger partial charge in [0.1, 0.15) is 5.76 Å². The van der Waals surface area contributed by atoms with Crippen molar-refractivity contribution in [2.24, 2.45) is 0 Å². The van der Waals surface area contributed by atoms with E-state index in [1.165, 1.54) is 6.07 Å². The van der Waals surface area contributed by atoms with Crippen LogP contribution in [0.2, 0.25) is 0 Å². The average Bonchev–Trinajstić information content (AvgIpc) is 2.88. The topological polar surface area (TPSA) is 81.5 Å². The second-order valence-corrected chi connectivity index (χ2v) is 8.96. The monoisotopic (exact) mass is 393 g/mol. The van der Waals surface area contributed by atoms with Crippen molar-refractivity contribution in [2.75, 3.05) is 26.4 Å². The summed E-state index contributed by atoms with van der Waals surface area (Å²) in [5.41, 5.74) is 0.621. The highest BCUT2D eigenvalue weighted by molar-refractivity contribution is 7.98. The molecular formula is C19H27N3O4S. The number of nitrogens with zero attached hydrogens (tertiary/aromatic N) is 3. The highest BCUT2D eigenvalue weighted by Crippen LogP contribution is 2.30. The molecular weight excluding hydrogens is 366 g/mol. The van der Waals surface area contributed by atoms with Crippen LogP contribution in [0.5, 0.6) is 0 Å². The van der Waals surface area contributed by atoms with Crippen molar-refractivity contribution < 1.29 is 9.45 Å². The minimum Gasteiger partial charge on any atom is -0.375 e. The fourth-order valence-corrected chi connectivity index (χ4v) is 3.75. The van der Waals surface area contributed by atoms with Gasteiger partial charge in [-0.1, -0.05) is 26.8 Å². The quantitative estimate of drug-likeness (QED) is 0.405. The molecule has 0 N–H and O–H groups in total. The Kier molecular flexibility index (Phi) is 6.54. The Balaban J connectivity index is 2.51. The Morgan fingerprint density at radius 3 is 2.52 bits per heavy atom. The van der Waals surface area contributed by atoms with Crippen LogP contribution in [0, 0.1) is 17.0 Å². The fourth-order valence-electron chi connectivity index (χ4n) is 2.66. The van der Waals surface area contributed by atoms with Gasteiger partial charge in [-0.3, -0.25) is 14.9 Å². The Bertz CT molecular complexity index is 878. The van der Waals surface area contributed by atoms with Crippen LogP contribution in [0.3, 0.4) is 0 Å². The summed E-state index contributed by atoms with van der Waals surface area (Å²) in [6, 6.07) is 4.75. The second kappa shape index (κ2) is 8.31. The minimum atomic E-state index is -0.487. The van der Waals surface area contributed by atoms with Crippen LogP contribution in [-0.2, 0) is 11.2 Å². The number of aromatic nitrogens is 1. The average molecular weight is 394 g/mol. The summed E-state index contributed by atoms with van der Waals surface area (Å²) in [5.74, 6) is 1.96. The molecule has 0 unspecified atom stereocenters. The number of nitro benzene ring substituents is 1. The molecule has 0 fully saturated rings. The number of thioether (sulfide) groups is 1. The number of rotatable bonds is 7. The second-order valence-electron chi connectivity index (χ2n) is 7.85. The molecule has 0 amide bonds. The van der Waals surface area contributed by atoms with Crippen LogP contribution < -0.4 is 5.56 Å². The van der Waals surface area contributed by atoms with E-state index in [-0.39, 0.29) is 22.3 Å². The molecule has 1 aromatic heterocycles. The van der Waals surface area contributed by atoms with E-state index in [1.807, 2.05) is 34.9 Å². The lowest BCUT2D eigenvalue weighted by Crippen LogP contribution is -2.19. The van der Waals surface area contributed by atoms with E-state index in [1.54, 1.807) is 30.8 Å². The van der Waals surface area contributed by atoms with Crippen molar-refractivity contribution in [3.63, 3.8) is 0 Å². The lowest BCUT2D eigenvalue weighted by Gasteiger charge is -2.16. The molecule has 2 rings (SSSR count). The molecule has 148 valence electrons. The van der Waals surface area contributed by atoms with Crippen LogP contribution in [0.15, 0.2) is 27.5 Å². The molecule has 1 heterocycles. The molecule has 0 spiro atoms. The van der Waals surface area contributed by atoms with E-state index in [0.29, 0.717) is 17.1 Å². The first kappa shape index (κ1) is 21.2. The third-order valence-corrected chi connectivity index (χ3v) is 5.02. The first-order chi connectivity index (χ1) is 12.5. The van der Waals surface area contributed by atoms with E-state index in [4.69, 9.17) is 4.52 Å². The Hall–Kier alpha value is -2.06. The van der Waals surface area contributed by atoms with E-state index in [2.05, 4.69) is 4.90 Å². The van der Waals surface area contributed by atoms with Gasteiger partial charge in [0.05, 0.1) is 10.5 Å². The molecule has 0 aliphatic carbocycles. The third kappa shape index (κ3) is 5.01. The summed E-state index contributed by atoms with van der Waals surface area (Å²) in [6.07, 6.45) is 0. The van der Waals surface area contributed by atoms with Gasteiger partial charge in [-0.2, -0.15) is 11.8 Å². The molecule has 7 nitrogen and oxygen atoms in total. The van der Waals surface area contributed by atoms with Gasteiger partial charge < -0.3 is 9.42 Å². The number of hydrogen-bond acceptors (Lipinski definition) is 6. The summed E-state index contributed by atoms with van der Waals surface area (Å²) in [7, 11) is 4.00. The SMILES string of the molecule is Cc1ccc(-n2oc(C(C)(C)C)c(CSCCN(C)C)c2=O)c([N+](=O)[O-])c1. The summed E-state index contributed by atoms with van der Waals surface area (Å²) in [6.45, 7) is 8.58. The summed E-state index contributed by atoms with van der Waals surface area (Å²) >= 11 is 1.65. The number of aryl methyl sites for hydroxylation is 1. The first-order valence-electron chi connectivity index (χ1n) is 8.76. The molecule has 8 heteroatoms. The van der Waals surface area contributed by atoms with Crippen LogP contribution >= 0.6 is 11.8 Å². The first-order valence-corrected chi connectivity index (χ1v) is 9.91. The predicted molar refractivity (Wildman–Crippen MR) is 109 cm³/mol. The molecule has 0 aliphatic heterocycles. The predicted octanol–water partition coefficient (Wildman–Crippen LogP) is 3.74. The lowest BCUT2D eigenvalue weighted by molar-refractivity contribution is -0.384. The zero-order valence-corrected chi connectivity index (χ0v) is 17.6. The molecule has 0 atom stereocenters. The molecule has 0 saturated carbocycles. The van der Waals surface area contributed by atoms with Crippen molar-refractivity contribution in [1.29, 1.82) is 0 Å². The van der Waals surface area contributed by atoms with E-state index < -0.39 is 4.92 Å². The van der Waals surface area contributed by atoms with E-state index in [9.17, 15) is 14.9 Å². The highest BCUT2D eigenvalue weighted by atomic mass is 32.2. The van der Waals surface area contributed by atoms with Gasteiger partial charge in [0.15, 0.2) is 5.69 Å². The van der Waals surface area contributed by atoms with Crippen LogP contribution in [-0.4, -0.2) is 41.0 Å². The molecule has 0 radical (unpaired) electrons. The Morgan fingerprint density at radius 1 is 1.30 bits per heavy atom. The van der Waals surface area contributed by atoms with Gasteiger partial charge in [-0.05, 0) is 32.6 Å². The largest absolute Gasteiger partial charge is 0.375 e. The zero-order chi connectivity index (χ0) is 20.4. The zero-order valence-electron chi connectivity index (χ0n) is 16.7. The van der Waals surface area contributed by atoms with Gasteiger partial charge in [0.25, 0.3) is 11.2 Å². The van der Waals surface area contributed by atoms with Crippen LogP contribution in [0.25, 0.3) is 5.69 Å². The molecule has 2 aromatic rings. The lowest BCUT2D eigenvalue weighted by atomic mass is 9.91. The molecule has 0 bridgehead atoms. The van der Waals surface area contributed by atoms with Crippen molar-refractivity contribution in [3.05, 3.63) is 55.6 Å². The third-order valence-electron chi connectivity index (χ3n) is 4.06. The van der Waals surface area contributed by atoms with Gasteiger partial charge in [0.2, 0.25) is 0 Å². The molecule has 1 aromatic carbocycles. The van der Waals surface area contributed by atoms with Gasteiger partial charge in [-0.15, -0.1) is 4.74 Å². The number of benzene rings is 1. The van der Waals surface area contributed by atoms with Gasteiger partial charge in [-0.25, -0.2) is 0 Å². The van der Waals surface area contributed by atoms with Gasteiger partial charge in [0, 0.05) is 29.5 Å². The molecule has 0 aliphatic rings. The van der Waals surface area contributed by atoms with Crippen molar-refractivity contribution in [2.45, 2.75) is 38.9 Å². The smallest absolute Gasteiger partial charge is 0.296 e. The maximum atomic E-state index is 13.0. The minimum absolute atomic E-state index is 0.141. The van der Waals surface area contributed by atoms with Gasteiger partial charge >= 0.3 is 0 Å². The van der Waals surface area contributed by atoms with Crippen LogP contribution in [0.4, 0.5) is 5.69 Å². The fraction of sp³-hybridized carbons (Fsp3) is 0.526. The number of hydrogen-bond donors (Lipinski definition) is 0. The Labute approximate surface area is 163 Å². The maximum absolute atomic E-state index is 13.0. The molecule has 0 saturated heterocycles. The summed E-state index contributed by atoms with van der Waals surface area (Å²) in [4.78, 5) is 26.1. The van der Waals surface area contributed by atoms with Crippen molar-refractivity contribution in [3.8, 4) is 5.69 Å². The van der Waals surface area contributed by atoms with E-state index in [0.717, 1.165) is 22.6 Å². The van der Waals surface area contributed by atoms with Crippen molar-refractivity contribution in [1.82, 2.24) is 9.64 Å². The summed E-state index contributed by atoms with van der Waals surface area (Å²) in [5, 5.41) is 11.5. The highest BCUT2D eigenvalue weighted by Gasteiger charge is 2.30. The molecule has 27 heavy (non-hydrogen) atoms. The van der Waals surface area contributed by atoms with Crippen LogP contribution in [0.1, 0.15) is 37.7 Å². The Morgan fingerprint density at radius 2 is 1.96 bits per heavy atom. The standard InChI is InChI=1S/C19H27N3O4S/c1-13-7-8-15(16(11-13)22(24)25)21-18(23)14(12-27-10-9-20(5)6)17(26-21)19(2,3)4/h7-8,11H,9-10,12H2,1-6H3.